The van der Waals surface area contributed by atoms with E-state index in [0.29, 0.717) is 17.3 Å². The summed E-state index contributed by atoms with van der Waals surface area (Å²) in [6.45, 7) is -0.0256. The molecule has 0 fully saturated rings. The first-order valence-corrected chi connectivity index (χ1v) is 9.09. The van der Waals surface area contributed by atoms with E-state index in [1.165, 1.54) is 16.1 Å². The number of aromatic nitrogens is 4. The van der Waals surface area contributed by atoms with Crippen LogP contribution < -0.4 is 10.1 Å². The van der Waals surface area contributed by atoms with Crippen LogP contribution in [0.15, 0.2) is 72.1 Å². The molecule has 0 radical (unpaired) electrons. The number of carbonyl (C=O) groups is 1. The molecule has 0 unspecified atom stereocenters. The van der Waals surface area contributed by atoms with Crippen molar-refractivity contribution in [1.29, 1.82) is 0 Å². The summed E-state index contributed by atoms with van der Waals surface area (Å²) >= 11 is 1.52. The van der Waals surface area contributed by atoms with Crippen LogP contribution in [0.3, 0.4) is 0 Å². The molecular weight excluding hydrogens is 362 g/mol. The van der Waals surface area contributed by atoms with Gasteiger partial charge in [0.25, 0.3) is 0 Å². The largest absolute Gasteiger partial charge is 0.457 e. The molecule has 2 heterocycles. The summed E-state index contributed by atoms with van der Waals surface area (Å²) in [5, 5.41) is 16.9. The third-order valence-corrected chi connectivity index (χ3v) is 4.44. The highest BCUT2D eigenvalue weighted by Crippen LogP contribution is 2.24. The minimum Gasteiger partial charge on any atom is -0.457 e. The van der Waals surface area contributed by atoms with Gasteiger partial charge in [-0.25, -0.2) is 0 Å². The Morgan fingerprint density at radius 2 is 1.89 bits per heavy atom. The van der Waals surface area contributed by atoms with Crippen molar-refractivity contribution in [2.75, 3.05) is 5.32 Å². The summed E-state index contributed by atoms with van der Waals surface area (Å²) in [7, 11) is 0. The number of anilines is 1. The Labute approximate surface area is 159 Å². The van der Waals surface area contributed by atoms with Crippen molar-refractivity contribution in [2.24, 2.45) is 0 Å². The molecule has 7 nitrogen and oxygen atoms in total. The van der Waals surface area contributed by atoms with Gasteiger partial charge >= 0.3 is 0 Å². The van der Waals surface area contributed by atoms with Crippen molar-refractivity contribution >= 4 is 22.9 Å². The lowest BCUT2D eigenvalue weighted by Crippen LogP contribution is -2.20. The van der Waals surface area contributed by atoms with Gasteiger partial charge in [0, 0.05) is 11.8 Å². The molecule has 0 spiro atoms. The highest BCUT2D eigenvalue weighted by Gasteiger charge is 2.10. The average Bonchev–Trinajstić information content (AvgIpc) is 3.34. The molecule has 4 aromatic rings. The second-order valence-corrected chi connectivity index (χ2v) is 6.56. The van der Waals surface area contributed by atoms with E-state index in [0.717, 1.165) is 10.6 Å². The number of benzene rings is 2. The number of carbonyl (C=O) groups excluding carboxylic acids is 1. The predicted molar refractivity (Wildman–Crippen MR) is 103 cm³/mol. The number of tetrazole rings is 1. The first kappa shape index (κ1) is 16.9. The Balaban J connectivity index is 1.39. The van der Waals surface area contributed by atoms with Crippen molar-refractivity contribution in [3.05, 3.63) is 72.1 Å². The quantitative estimate of drug-likeness (QED) is 0.552. The van der Waals surface area contributed by atoms with Crippen LogP contribution in [0.4, 0.5) is 5.69 Å². The number of hydrogen-bond donors (Lipinski definition) is 1. The molecule has 2 aromatic carbocycles. The van der Waals surface area contributed by atoms with Gasteiger partial charge in [0.15, 0.2) is 0 Å². The smallest absolute Gasteiger partial charge is 0.248 e. The van der Waals surface area contributed by atoms with E-state index in [-0.39, 0.29) is 12.5 Å². The fourth-order valence-corrected chi connectivity index (χ4v) is 3.05. The molecule has 1 amide bonds. The van der Waals surface area contributed by atoms with E-state index in [2.05, 4.69) is 20.7 Å². The van der Waals surface area contributed by atoms with Gasteiger partial charge in [-0.05, 0) is 40.9 Å². The van der Waals surface area contributed by atoms with Gasteiger partial charge in [-0.2, -0.15) is 4.80 Å². The SMILES string of the molecule is O=C(Cn1nnc(-c2cccs2)n1)Nc1cccc(Oc2ccccc2)c1. The summed E-state index contributed by atoms with van der Waals surface area (Å²) in [5.41, 5.74) is 0.632. The first-order chi connectivity index (χ1) is 13.3. The maximum atomic E-state index is 12.3. The van der Waals surface area contributed by atoms with Crippen molar-refractivity contribution in [1.82, 2.24) is 20.2 Å². The fourth-order valence-electron chi connectivity index (χ4n) is 2.41. The van der Waals surface area contributed by atoms with Crippen molar-refractivity contribution < 1.29 is 9.53 Å². The minimum absolute atomic E-state index is 0.0256. The zero-order chi connectivity index (χ0) is 18.5. The molecule has 0 aliphatic rings. The number of ether oxygens (including phenoxy) is 1. The Kier molecular flexibility index (Phi) is 4.88. The van der Waals surface area contributed by atoms with Crippen LogP contribution in [-0.4, -0.2) is 26.1 Å². The van der Waals surface area contributed by atoms with E-state index in [4.69, 9.17) is 4.74 Å². The molecule has 1 N–H and O–H groups in total. The minimum atomic E-state index is -0.248. The standard InChI is InChI=1S/C19H15N5O2S/c25-18(13-24-22-19(21-23-24)17-10-5-11-27-17)20-14-6-4-9-16(12-14)26-15-7-2-1-3-8-15/h1-12H,13H2,(H,20,25). The first-order valence-electron chi connectivity index (χ1n) is 8.21. The molecule has 134 valence electrons. The van der Waals surface area contributed by atoms with Crippen molar-refractivity contribution in [3.63, 3.8) is 0 Å². The topological polar surface area (TPSA) is 81.9 Å². The average molecular weight is 377 g/mol. The van der Waals surface area contributed by atoms with Crippen LogP contribution in [0.5, 0.6) is 11.5 Å². The second-order valence-electron chi connectivity index (χ2n) is 5.61. The van der Waals surface area contributed by atoms with Crippen LogP contribution in [0.2, 0.25) is 0 Å². The molecule has 4 rings (SSSR count). The van der Waals surface area contributed by atoms with Crippen LogP contribution in [0, 0.1) is 0 Å². The molecule has 0 aliphatic heterocycles. The summed E-state index contributed by atoms with van der Waals surface area (Å²) < 4.78 is 5.77. The third-order valence-electron chi connectivity index (χ3n) is 3.58. The summed E-state index contributed by atoms with van der Waals surface area (Å²) in [4.78, 5) is 14.5. The molecule has 8 heteroatoms. The summed E-state index contributed by atoms with van der Waals surface area (Å²) in [6, 6.07) is 20.5. The van der Waals surface area contributed by atoms with E-state index in [1.54, 1.807) is 12.1 Å². The number of nitrogens with one attached hydrogen (secondary N) is 1. The van der Waals surface area contributed by atoms with Gasteiger partial charge < -0.3 is 10.1 Å². The number of nitrogens with zero attached hydrogens (tertiary/aromatic N) is 4. The molecule has 27 heavy (non-hydrogen) atoms. The van der Waals surface area contributed by atoms with Gasteiger partial charge in [0.05, 0.1) is 4.88 Å². The van der Waals surface area contributed by atoms with E-state index in [1.807, 2.05) is 60.0 Å². The lowest BCUT2D eigenvalue weighted by Gasteiger charge is -2.08. The van der Waals surface area contributed by atoms with E-state index < -0.39 is 0 Å². The maximum absolute atomic E-state index is 12.3. The van der Waals surface area contributed by atoms with Crippen LogP contribution in [0.1, 0.15) is 0 Å². The molecule has 2 aromatic heterocycles. The van der Waals surface area contributed by atoms with Gasteiger partial charge in [-0.3, -0.25) is 4.79 Å². The predicted octanol–water partition coefficient (Wildman–Crippen LogP) is 3.83. The van der Waals surface area contributed by atoms with Crippen LogP contribution >= 0.6 is 11.3 Å². The Morgan fingerprint density at radius 3 is 2.70 bits per heavy atom. The molecule has 0 saturated carbocycles. The lowest BCUT2D eigenvalue weighted by molar-refractivity contribution is -0.117. The highest BCUT2D eigenvalue weighted by atomic mass is 32.1. The Hall–Kier alpha value is -3.52. The number of amides is 1. The Bertz CT molecular complexity index is 1030. The normalized spacial score (nSPS) is 10.5. The van der Waals surface area contributed by atoms with Gasteiger partial charge in [0.2, 0.25) is 11.7 Å². The molecule has 0 atom stereocenters. The van der Waals surface area contributed by atoms with Crippen LogP contribution in [-0.2, 0) is 11.3 Å². The van der Waals surface area contributed by atoms with Crippen molar-refractivity contribution in [2.45, 2.75) is 6.54 Å². The monoisotopic (exact) mass is 377 g/mol. The molecule has 0 aliphatic carbocycles. The van der Waals surface area contributed by atoms with Gasteiger partial charge in [-0.1, -0.05) is 30.3 Å². The molecular formula is C19H15N5O2S. The molecule has 0 bridgehead atoms. The lowest BCUT2D eigenvalue weighted by atomic mass is 10.3. The fraction of sp³-hybridized carbons (Fsp3) is 0.0526. The Morgan fingerprint density at radius 1 is 1.04 bits per heavy atom. The molecule has 0 saturated heterocycles. The highest BCUT2D eigenvalue weighted by molar-refractivity contribution is 7.13. The second kappa shape index (κ2) is 7.79. The van der Waals surface area contributed by atoms with Crippen LogP contribution in [0.25, 0.3) is 10.7 Å². The van der Waals surface area contributed by atoms with Gasteiger partial charge in [0.1, 0.15) is 18.0 Å². The maximum Gasteiger partial charge on any atom is 0.248 e. The number of hydrogen-bond acceptors (Lipinski definition) is 6. The van der Waals surface area contributed by atoms with E-state index in [9.17, 15) is 4.79 Å². The van der Waals surface area contributed by atoms with Gasteiger partial charge in [-0.15, -0.1) is 21.5 Å². The van der Waals surface area contributed by atoms with Crippen molar-refractivity contribution in [3.8, 4) is 22.2 Å². The third kappa shape index (κ3) is 4.36. The summed E-state index contributed by atoms with van der Waals surface area (Å²) in [5.74, 6) is 1.63. The number of thiophene rings is 1. The van der Waals surface area contributed by atoms with E-state index >= 15 is 0 Å². The zero-order valence-electron chi connectivity index (χ0n) is 14.1. The zero-order valence-corrected chi connectivity index (χ0v) is 15.0. The number of para-hydroxylation sites is 1. The number of rotatable bonds is 6. The summed E-state index contributed by atoms with van der Waals surface area (Å²) in [6.07, 6.45) is 0.